The van der Waals surface area contributed by atoms with Gasteiger partial charge in [-0.2, -0.15) is 5.26 Å². The zero-order chi connectivity index (χ0) is 20.0. The average molecular weight is 431 g/mol. The predicted molar refractivity (Wildman–Crippen MR) is 105 cm³/mol. The number of phenols is 1. The van der Waals surface area contributed by atoms with Crippen molar-refractivity contribution in [2.75, 3.05) is 18.1 Å². The Morgan fingerprint density at radius 3 is 2.48 bits per heavy atom. The summed E-state index contributed by atoms with van der Waals surface area (Å²) < 4.78 is 5.68. The van der Waals surface area contributed by atoms with Crippen molar-refractivity contribution in [1.29, 1.82) is 5.26 Å². The lowest BCUT2D eigenvalue weighted by molar-refractivity contribution is -0.121. The smallest absolute Gasteiger partial charge is 0.342 e. The van der Waals surface area contributed by atoms with Crippen LogP contribution in [-0.4, -0.2) is 30.1 Å². The summed E-state index contributed by atoms with van der Waals surface area (Å²) in [7, 11) is 0. The first-order valence-corrected chi connectivity index (χ1v) is 9.02. The number of hydrogen-bond donors (Lipinski definition) is 1. The van der Waals surface area contributed by atoms with E-state index < -0.39 is 18.5 Å². The Hall–Kier alpha value is -2.85. The number of aromatic hydroxyl groups is 1. The Morgan fingerprint density at radius 1 is 1.19 bits per heavy atom. The largest absolute Gasteiger partial charge is 0.507 e. The van der Waals surface area contributed by atoms with Crippen LogP contribution >= 0.6 is 15.9 Å². The molecule has 2 rings (SSSR count). The number of rotatable bonds is 6. The van der Waals surface area contributed by atoms with Crippen molar-refractivity contribution in [3.8, 4) is 11.8 Å². The summed E-state index contributed by atoms with van der Waals surface area (Å²) in [5.41, 5.74) is 2.58. The van der Waals surface area contributed by atoms with Gasteiger partial charge in [-0.05, 0) is 55.3 Å². The third kappa shape index (κ3) is 5.56. The van der Waals surface area contributed by atoms with E-state index in [1.807, 2.05) is 38.1 Å². The molecule has 2 aromatic carbocycles. The number of amides is 1. The van der Waals surface area contributed by atoms with Crippen molar-refractivity contribution in [2.24, 2.45) is 0 Å². The van der Waals surface area contributed by atoms with Crippen LogP contribution in [0.1, 0.15) is 27.9 Å². The number of benzene rings is 2. The van der Waals surface area contributed by atoms with Gasteiger partial charge in [0.15, 0.2) is 6.61 Å². The fraction of sp³-hybridized carbons (Fsp3) is 0.250. The number of aryl methyl sites for hydroxylation is 2. The van der Waals surface area contributed by atoms with Crippen LogP contribution < -0.4 is 4.90 Å². The van der Waals surface area contributed by atoms with Crippen LogP contribution in [0.2, 0.25) is 0 Å². The Kier molecular flexibility index (Phi) is 6.97. The van der Waals surface area contributed by atoms with Gasteiger partial charge in [-0.25, -0.2) is 4.79 Å². The van der Waals surface area contributed by atoms with Gasteiger partial charge in [-0.3, -0.25) is 4.79 Å². The number of phenolic OH excluding ortho intramolecular Hbond substituents is 1. The van der Waals surface area contributed by atoms with Crippen LogP contribution in [0.4, 0.5) is 5.69 Å². The second-order valence-corrected chi connectivity index (χ2v) is 6.95. The molecule has 0 fully saturated rings. The van der Waals surface area contributed by atoms with E-state index in [1.54, 1.807) is 6.07 Å². The number of carbonyl (C=O) groups excluding carboxylic acids is 2. The Morgan fingerprint density at radius 2 is 1.85 bits per heavy atom. The number of anilines is 1. The number of halogens is 1. The third-order valence-corrected chi connectivity index (χ3v) is 4.26. The van der Waals surface area contributed by atoms with Crippen molar-refractivity contribution >= 4 is 33.5 Å². The lowest BCUT2D eigenvalue weighted by atomic mass is 10.1. The molecule has 0 heterocycles. The molecule has 2 aromatic rings. The highest BCUT2D eigenvalue weighted by molar-refractivity contribution is 9.10. The molecule has 1 N–H and O–H groups in total. The number of ether oxygens (including phenoxy) is 1. The summed E-state index contributed by atoms with van der Waals surface area (Å²) in [5, 5.41) is 18.7. The molecule has 1 amide bonds. The number of hydrogen-bond acceptors (Lipinski definition) is 5. The van der Waals surface area contributed by atoms with Crippen molar-refractivity contribution in [2.45, 2.75) is 20.3 Å². The Bertz CT molecular complexity index is 885. The lowest BCUT2D eigenvalue weighted by Gasteiger charge is -2.22. The molecule has 27 heavy (non-hydrogen) atoms. The minimum atomic E-state index is -0.803. The van der Waals surface area contributed by atoms with Gasteiger partial charge in [-0.15, -0.1) is 0 Å². The number of nitriles is 1. The van der Waals surface area contributed by atoms with Crippen LogP contribution in [0, 0.1) is 25.2 Å². The van der Waals surface area contributed by atoms with Crippen molar-refractivity contribution in [3.63, 3.8) is 0 Å². The van der Waals surface area contributed by atoms with Crippen LogP contribution in [0.25, 0.3) is 0 Å². The first kappa shape index (κ1) is 20.5. The van der Waals surface area contributed by atoms with Crippen LogP contribution in [0.5, 0.6) is 5.75 Å². The minimum absolute atomic E-state index is 0.0350. The van der Waals surface area contributed by atoms with E-state index in [0.717, 1.165) is 11.1 Å². The molecule has 140 valence electrons. The van der Waals surface area contributed by atoms with Gasteiger partial charge >= 0.3 is 5.97 Å². The van der Waals surface area contributed by atoms with E-state index in [2.05, 4.69) is 15.9 Å². The summed E-state index contributed by atoms with van der Waals surface area (Å²) in [6.07, 6.45) is 0.152. The molecule has 7 heteroatoms. The zero-order valence-electron chi connectivity index (χ0n) is 15.0. The topological polar surface area (TPSA) is 90.6 Å². The molecule has 0 atom stereocenters. The molecule has 6 nitrogen and oxygen atoms in total. The van der Waals surface area contributed by atoms with Crippen LogP contribution in [-0.2, 0) is 9.53 Å². The maximum absolute atomic E-state index is 12.6. The highest BCUT2D eigenvalue weighted by atomic mass is 79.9. The molecule has 0 saturated heterocycles. The van der Waals surface area contributed by atoms with E-state index >= 15 is 0 Å². The monoisotopic (exact) mass is 430 g/mol. The van der Waals surface area contributed by atoms with Crippen molar-refractivity contribution in [1.82, 2.24) is 0 Å². The molecule has 0 radical (unpaired) electrons. The van der Waals surface area contributed by atoms with Gasteiger partial charge in [0, 0.05) is 16.7 Å². The summed E-state index contributed by atoms with van der Waals surface area (Å²) in [6, 6.07) is 12.0. The van der Waals surface area contributed by atoms with Gasteiger partial charge in [-0.1, -0.05) is 22.0 Å². The quantitative estimate of drug-likeness (QED) is 0.702. The molecule has 0 aliphatic carbocycles. The Labute approximate surface area is 166 Å². The van der Waals surface area contributed by atoms with E-state index in [1.165, 1.54) is 17.0 Å². The van der Waals surface area contributed by atoms with Gasteiger partial charge in [0.05, 0.1) is 12.5 Å². The first-order chi connectivity index (χ1) is 12.8. The average Bonchev–Trinajstić information content (AvgIpc) is 2.61. The highest BCUT2D eigenvalue weighted by Crippen LogP contribution is 2.23. The maximum Gasteiger partial charge on any atom is 0.342 e. The van der Waals surface area contributed by atoms with Crippen LogP contribution in [0.3, 0.4) is 0 Å². The Balaban J connectivity index is 2.15. The fourth-order valence-corrected chi connectivity index (χ4v) is 2.98. The number of carbonyl (C=O) groups is 2. The lowest BCUT2D eigenvalue weighted by Crippen LogP contribution is -2.35. The standard InChI is InChI=1S/C20H19BrN2O4/c1-13-8-14(2)10-16(9-13)23(7-3-6-22)19(25)12-27-20(26)17-11-15(21)4-5-18(17)24/h4-5,8-11,24H,3,7,12H2,1-2H3. The molecule has 0 aromatic heterocycles. The van der Waals surface area contributed by atoms with Gasteiger partial charge in [0.2, 0.25) is 0 Å². The second kappa shape index (κ2) is 9.19. The van der Waals surface area contributed by atoms with Crippen LogP contribution in [0.15, 0.2) is 40.9 Å². The molecule has 0 spiro atoms. The third-order valence-electron chi connectivity index (χ3n) is 3.77. The van der Waals surface area contributed by atoms with E-state index in [-0.39, 0.29) is 24.3 Å². The van der Waals surface area contributed by atoms with Crippen molar-refractivity contribution in [3.05, 3.63) is 57.6 Å². The number of esters is 1. The maximum atomic E-state index is 12.6. The van der Waals surface area contributed by atoms with E-state index in [4.69, 9.17) is 10.00 Å². The predicted octanol–water partition coefficient (Wildman–Crippen LogP) is 3.88. The normalized spacial score (nSPS) is 10.1. The van der Waals surface area contributed by atoms with Gasteiger partial charge in [0.25, 0.3) is 5.91 Å². The summed E-state index contributed by atoms with van der Waals surface area (Å²) >= 11 is 3.22. The van der Waals surface area contributed by atoms with E-state index in [9.17, 15) is 14.7 Å². The van der Waals surface area contributed by atoms with E-state index in [0.29, 0.717) is 10.2 Å². The molecule has 0 bridgehead atoms. The van der Waals surface area contributed by atoms with Gasteiger partial charge in [0.1, 0.15) is 11.3 Å². The molecule has 0 unspecified atom stereocenters. The molecular weight excluding hydrogens is 412 g/mol. The molecule has 0 saturated carbocycles. The summed E-state index contributed by atoms with van der Waals surface area (Å²) in [6.45, 7) is 3.53. The van der Waals surface area contributed by atoms with Crippen molar-refractivity contribution < 1.29 is 19.4 Å². The summed E-state index contributed by atoms with van der Waals surface area (Å²) in [5.74, 6) is -1.48. The number of nitrogens with zero attached hydrogens (tertiary/aromatic N) is 2. The summed E-state index contributed by atoms with van der Waals surface area (Å²) in [4.78, 5) is 26.2. The highest BCUT2D eigenvalue weighted by Gasteiger charge is 2.20. The van der Waals surface area contributed by atoms with Gasteiger partial charge < -0.3 is 14.7 Å². The molecule has 0 aliphatic rings. The molecule has 0 aliphatic heterocycles. The minimum Gasteiger partial charge on any atom is -0.507 e. The first-order valence-electron chi connectivity index (χ1n) is 8.23. The second-order valence-electron chi connectivity index (χ2n) is 6.04. The fourth-order valence-electron chi connectivity index (χ4n) is 2.62. The zero-order valence-corrected chi connectivity index (χ0v) is 16.6. The SMILES string of the molecule is Cc1cc(C)cc(N(CCC#N)C(=O)COC(=O)c2cc(Br)ccc2O)c1. The molecular formula is C20H19BrN2O4.